The lowest BCUT2D eigenvalue weighted by Gasteiger charge is -2.09. The van der Waals surface area contributed by atoms with Crippen molar-refractivity contribution in [3.63, 3.8) is 0 Å². The molecular formula is C26H26N8. The van der Waals surface area contributed by atoms with E-state index < -0.39 is 0 Å². The predicted octanol–water partition coefficient (Wildman–Crippen LogP) is 4.31. The van der Waals surface area contributed by atoms with E-state index in [1.165, 1.54) is 11.1 Å². The van der Waals surface area contributed by atoms with Gasteiger partial charge in [0.1, 0.15) is 5.82 Å². The van der Waals surface area contributed by atoms with Gasteiger partial charge in [-0.15, -0.1) is 5.10 Å². The fraction of sp³-hybridized carbons (Fsp3) is 0.231. The van der Waals surface area contributed by atoms with Crippen molar-refractivity contribution in [1.29, 1.82) is 0 Å². The second-order valence-electron chi connectivity index (χ2n) is 8.21. The van der Waals surface area contributed by atoms with E-state index in [-0.39, 0.29) is 0 Å². The molecule has 0 spiro atoms. The van der Waals surface area contributed by atoms with Crippen LogP contribution in [0.25, 0.3) is 22.5 Å². The Morgan fingerprint density at radius 2 is 1.71 bits per heavy atom. The van der Waals surface area contributed by atoms with E-state index >= 15 is 0 Å². The molecule has 0 unspecified atom stereocenters. The first-order chi connectivity index (χ1) is 16.8. The van der Waals surface area contributed by atoms with Crippen LogP contribution >= 0.6 is 0 Å². The van der Waals surface area contributed by atoms with Crippen LogP contribution in [-0.2, 0) is 25.8 Å². The van der Waals surface area contributed by atoms with Crippen LogP contribution in [0.1, 0.15) is 36.1 Å². The number of tetrazole rings is 1. The third-order valence-corrected chi connectivity index (χ3v) is 5.76. The van der Waals surface area contributed by atoms with Gasteiger partial charge in [0.15, 0.2) is 11.6 Å². The number of benzene rings is 2. The molecule has 0 amide bonds. The largest absolute Gasteiger partial charge is 0.264 e. The lowest BCUT2D eigenvalue weighted by molar-refractivity contribution is 0.624. The molecule has 0 saturated heterocycles. The lowest BCUT2D eigenvalue weighted by Crippen LogP contribution is -2.07. The summed E-state index contributed by atoms with van der Waals surface area (Å²) in [4.78, 5) is 9.07. The minimum Gasteiger partial charge on any atom is -0.264 e. The number of pyridine rings is 1. The van der Waals surface area contributed by atoms with Gasteiger partial charge >= 0.3 is 0 Å². The molecule has 0 radical (unpaired) electrons. The summed E-state index contributed by atoms with van der Waals surface area (Å²) in [6, 6.07) is 21.0. The molecule has 5 rings (SSSR count). The molecule has 3 heterocycles. The van der Waals surface area contributed by atoms with Crippen LogP contribution in [0.2, 0.25) is 0 Å². The van der Waals surface area contributed by atoms with Gasteiger partial charge in [-0.05, 0) is 51.6 Å². The molecule has 3 aromatic heterocycles. The minimum absolute atomic E-state index is 0.599. The number of hydrogen-bond acceptors (Lipinski definition) is 6. The molecule has 0 atom stereocenters. The summed E-state index contributed by atoms with van der Waals surface area (Å²) in [5, 5.41) is 19.1. The number of aryl methyl sites for hydroxylation is 3. The zero-order valence-electron chi connectivity index (χ0n) is 19.1. The van der Waals surface area contributed by atoms with Gasteiger partial charge in [0.25, 0.3) is 0 Å². The first-order valence-corrected chi connectivity index (χ1v) is 11.5. The molecule has 1 N–H and O–H groups in total. The predicted molar refractivity (Wildman–Crippen MR) is 130 cm³/mol. The number of H-pyrrole nitrogens is 1. The van der Waals surface area contributed by atoms with Crippen LogP contribution in [0.4, 0.5) is 0 Å². The van der Waals surface area contributed by atoms with E-state index in [4.69, 9.17) is 10.1 Å². The highest BCUT2D eigenvalue weighted by Gasteiger charge is 2.13. The Kier molecular flexibility index (Phi) is 6.47. The van der Waals surface area contributed by atoms with Gasteiger partial charge in [-0.25, -0.2) is 14.8 Å². The Morgan fingerprint density at radius 1 is 0.853 bits per heavy atom. The second kappa shape index (κ2) is 10.2. The maximum Gasteiger partial charge on any atom is 0.181 e. The molecule has 8 heteroatoms. The molecule has 8 nitrogen and oxygen atoms in total. The highest BCUT2D eigenvalue weighted by Crippen LogP contribution is 2.29. The fourth-order valence-electron chi connectivity index (χ4n) is 4.04. The maximum atomic E-state index is 4.84. The smallest absolute Gasteiger partial charge is 0.181 e. The third kappa shape index (κ3) is 4.91. The van der Waals surface area contributed by atoms with Crippen molar-refractivity contribution >= 4 is 0 Å². The maximum absolute atomic E-state index is 4.84. The van der Waals surface area contributed by atoms with E-state index in [1.54, 1.807) is 12.4 Å². The molecular weight excluding hydrogens is 424 g/mol. The topological polar surface area (TPSA) is 98.1 Å². The number of aromatic nitrogens is 8. The first kappa shape index (κ1) is 21.6. The van der Waals surface area contributed by atoms with Crippen molar-refractivity contribution in [2.75, 3.05) is 0 Å². The summed E-state index contributed by atoms with van der Waals surface area (Å²) in [5.41, 5.74) is 5.45. The summed E-state index contributed by atoms with van der Waals surface area (Å²) < 4.78 is 2.05. The molecule has 0 fully saturated rings. The second-order valence-corrected chi connectivity index (χ2v) is 8.21. The standard InChI is InChI=1S/C26H26N8/c1-2-6-25-28-24(14-11-19-7-4-3-5-8-19)31-34(25)18-20-9-12-21(13-10-20)22-15-16-27-17-23(22)26-29-32-33-30-26/h3-5,7-10,12-13,15-17H,2,6,11,14,18H2,1H3,(H,29,30,32,33). The fourth-order valence-corrected chi connectivity index (χ4v) is 4.04. The quantitative estimate of drug-likeness (QED) is 0.359. The summed E-state index contributed by atoms with van der Waals surface area (Å²) >= 11 is 0. The van der Waals surface area contributed by atoms with Crippen molar-refractivity contribution in [3.05, 3.63) is 95.8 Å². The van der Waals surface area contributed by atoms with Crippen LogP contribution in [-0.4, -0.2) is 40.4 Å². The van der Waals surface area contributed by atoms with Gasteiger partial charge in [-0.3, -0.25) is 4.98 Å². The van der Waals surface area contributed by atoms with E-state index in [0.29, 0.717) is 12.4 Å². The van der Waals surface area contributed by atoms with E-state index in [0.717, 1.165) is 54.0 Å². The van der Waals surface area contributed by atoms with Crippen molar-refractivity contribution < 1.29 is 0 Å². The molecule has 34 heavy (non-hydrogen) atoms. The highest BCUT2D eigenvalue weighted by molar-refractivity contribution is 5.79. The molecule has 0 saturated carbocycles. The number of nitrogens with zero attached hydrogens (tertiary/aromatic N) is 7. The SMILES string of the molecule is CCCc1nc(CCc2ccccc2)nn1Cc1ccc(-c2ccncc2-c2nnn[nH]2)cc1. The van der Waals surface area contributed by atoms with Crippen molar-refractivity contribution in [1.82, 2.24) is 40.4 Å². The molecule has 0 aliphatic heterocycles. The zero-order valence-corrected chi connectivity index (χ0v) is 19.1. The van der Waals surface area contributed by atoms with Crippen LogP contribution in [0.15, 0.2) is 73.1 Å². The average Bonchev–Trinajstić information content (AvgIpc) is 3.55. The van der Waals surface area contributed by atoms with Gasteiger partial charge in [-0.1, -0.05) is 61.5 Å². The molecule has 5 aromatic rings. The van der Waals surface area contributed by atoms with E-state index in [9.17, 15) is 0 Å². The van der Waals surface area contributed by atoms with Crippen molar-refractivity contribution in [2.24, 2.45) is 0 Å². The Bertz CT molecular complexity index is 1330. The minimum atomic E-state index is 0.599. The van der Waals surface area contributed by atoms with Gasteiger partial charge in [0, 0.05) is 30.8 Å². The number of rotatable bonds is 9. The Hall–Kier alpha value is -4.20. The first-order valence-electron chi connectivity index (χ1n) is 11.5. The monoisotopic (exact) mass is 450 g/mol. The van der Waals surface area contributed by atoms with Gasteiger partial charge in [-0.2, -0.15) is 5.10 Å². The van der Waals surface area contributed by atoms with Gasteiger partial charge < -0.3 is 0 Å². The lowest BCUT2D eigenvalue weighted by atomic mass is 10.00. The van der Waals surface area contributed by atoms with E-state index in [1.807, 2.05) is 12.1 Å². The van der Waals surface area contributed by atoms with Crippen molar-refractivity contribution in [2.45, 2.75) is 39.2 Å². The normalized spacial score (nSPS) is 11.1. The molecule has 0 aliphatic carbocycles. The Balaban J connectivity index is 1.34. The van der Waals surface area contributed by atoms with E-state index in [2.05, 4.69) is 85.7 Å². The molecule has 0 bridgehead atoms. The third-order valence-electron chi connectivity index (χ3n) is 5.76. The van der Waals surface area contributed by atoms with Crippen molar-refractivity contribution in [3.8, 4) is 22.5 Å². The summed E-state index contributed by atoms with van der Waals surface area (Å²) in [5.74, 6) is 2.55. The average molecular weight is 451 g/mol. The summed E-state index contributed by atoms with van der Waals surface area (Å²) in [6.45, 7) is 2.87. The highest BCUT2D eigenvalue weighted by atomic mass is 15.5. The zero-order chi connectivity index (χ0) is 23.2. The van der Waals surface area contributed by atoms with Gasteiger partial charge in [0.05, 0.1) is 6.54 Å². The van der Waals surface area contributed by atoms with Crippen LogP contribution in [0, 0.1) is 0 Å². The van der Waals surface area contributed by atoms with Crippen LogP contribution in [0.3, 0.4) is 0 Å². The number of aromatic amines is 1. The van der Waals surface area contributed by atoms with Crippen LogP contribution < -0.4 is 0 Å². The van der Waals surface area contributed by atoms with Crippen LogP contribution in [0.5, 0.6) is 0 Å². The Labute approximate surface area is 198 Å². The Morgan fingerprint density at radius 3 is 2.47 bits per heavy atom. The molecule has 170 valence electrons. The van der Waals surface area contributed by atoms with Gasteiger partial charge in [0.2, 0.25) is 0 Å². The molecule has 0 aliphatic rings. The number of hydrogen-bond donors (Lipinski definition) is 1. The summed E-state index contributed by atoms with van der Waals surface area (Å²) in [6.07, 6.45) is 7.29. The summed E-state index contributed by atoms with van der Waals surface area (Å²) in [7, 11) is 0. The molecule has 2 aromatic carbocycles. The number of nitrogens with one attached hydrogen (secondary N) is 1.